The second-order valence-electron chi connectivity index (χ2n) is 5.38. The number of tetrazole rings is 1. The predicted octanol–water partition coefficient (Wildman–Crippen LogP) is 1.32. The Hall–Kier alpha value is -2.38. The van der Waals surface area contributed by atoms with Gasteiger partial charge in [0.05, 0.1) is 6.61 Å². The normalized spacial score (nSPS) is 19.5. The molecule has 1 atom stereocenters. The standard InChI is InChI=1S/C15H16N6O/c1-2-11-8-16-5-4-13(11)12(3-1)9-21-6-7-22-14(10-21)15-17-19-20-18-15/h1-5,8,14H,6-7,9-10H2,(H,17,18,19,20). The van der Waals surface area contributed by atoms with Gasteiger partial charge < -0.3 is 4.74 Å². The van der Waals surface area contributed by atoms with Gasteiger partial charge in [-0.25, -0.2) is 0 Å². The highest BCUT2D eigenvalue weighted by molar-refractivity contribution is 5.84. The molecular formula is C15H16N6O. The molecule has 1 N–H and O–H groups in total. The molecule has 0 aliphatic carbocycles. The van der Waals surface area contributed by atoms with Crippen molar-refractivity contribution in [2.24, 2.45) is 0 Å². The van der Waals surface area contributed by atoms with Crippen LogP contribution in [0.15, 0.2) is 36.7 Å². The SMILES string of the molecule is c1cc(CN2CCOC(c3nn[nH]n3)C2)c2ccncc2c1. The Morgan fingerprint density at radius 2 is 2.32 bits per heavy atom. The Bertz CT molecular complexity index is 754. The van der Waals surface area contributed by atoms with Gasteiger partial charge >= 0.3 is 0 Å². The highest BCUT2D eigenvalue weighted by Crippen LogP contribution is 2.23. The van der Waals surface area contributed by atoms with Crippen molar-refractivity contribution >= 4 is 10.8 Å². The summed E-state index contributed by atoms with van der Waals surface area (Å²) < 4.78 is 5.74. The fraction of sp³-hybridized carbons (Fsp3) is 0.333. The van der Waals surface area contributed by atoms with Crippen LogP contribution >= 0.6 is 0 Å². The van der Waals surface area contributed by atoms with Gasteiger partial charge in [-0.3, -0.25) is 9.88 Å². The fourth-order valence-electron chi connectivity index (χ4n) is 2.88. The number of hydrogen-bond donors (Lipinski definition) is 1. The Labute approximate surface area is 127 Å². The minimum atomic E-state index is -0.121. The Morgan fingerprint density at radius 1 is 1.32 bits per heavy atom. The molecule has 3 aromatic rings. The van der Waals surface area contributed by atoms with E-state index in [1.807, 2.05) is 12.4 Å². The number of benzene rings is 1. The number of nitrogens with zero attached hydrogens (tertiary/aromatic N) is 5. The summed E-state index contributed by atoms with van der Waals surface area (Å²) in [4.78, 5) is 6.55. The summed E-state index contributed by atoms with van der Waals surface area (Å²) in [5, 5.41) is 16.6. The number of H-pyrrole nitrogens is 1. The first-order valence-electron chi connectivity index (χ1n) is 7.29. The van der Waals surface area contributed by atoms with Crippen molar-refractivity contribution in [1.82, 2.24) is 30.5 Å². The maximum Gasteiger partial charge on any atom is 0.204 e. The van der Waals surface area contributed by atoms with Crippen LogP contribution in [0.2, 0.25) is 0 Å². The van der Waals surface area contributed by atoms with Crippen molar-refractivity contribution in [2.45, 2.75) is 12.6 Å². The van der Waals surface area contributed by atoms with Crippen LogP contribution in [0.25, 0.3) is 10.8 Å². The maximum atomic E-state index is 5.74. The molecule has 1 aliphatic heterocycles. The Morgan fingerprint density at radius 3 is 3.23 bits per heavy atom. The number of rotatable bonds is 3. The van der Waals surface area contributed by atoms with Crippen molar-refractivity contribution in [3.63, 3.8) is 0 Å². The molecule has 22 heavy (non-hydrogen) atoms. The van der Waals surface area contributed by atoms with Crippen LogP contribution < -0.4 is 0 Å². The van der Waals surface area contributed by atoms with Crippen molar-refractivity contribution in [3.8, 4) is 0 Å². The average Bonchev–Trinajstić information content (AvgIpc) is 3.10. The summed E-state index contributed by atoms with van der Waals surface area (Å²) in [7, 11) is 0. The molecule has 0 radical (unpaired) electrons. The molecule has 1 aliphatic rings. The van der Waals surface area contributed by atoms with Crippen LogP contribution in [0.5, 0.6) is 0 Å². The highest BCUT2D eigenvalue weighted by Gasteiger charge is 2.25. The Balaban J connectivity index is 1.55. The first-order valence-corrected chi connectivity index (χ1v) is 7.29. The summed E-state index contributed by atoms with van der Waals surface area (Å²) in [5.74, 6) is 0.617. The lowest BCUT2D eigenvalue weighted by Crippen LogP contribution is -2.38. The third-order valence-corrected chi connectivity index (χ3v) is 3.97. The van der Waals surface area contributed by atoms with Gasteiger partial charge in [-0.05, 0) is 17.0 Å². The fourth-order valence-corrected chi connectivity index (χ4v) is 2.88. The molecule has 7 nitrogen and oxygen atoms in total. The van der Waals surface area contributed by atoms with E-state index in [-0.39, 0.29) is 6.10 Å². The third kappa shape index (κ3) is 2.56. The molecule has 2 aromatic heterocycles. The summed E-state index contributed by atoms with van der Waals surface area (Å²) in [5.41, 5.74) is 1.30. The molecule has 3 heterocycles. The summed E-state index contributed by atoms with van der Waals surface area (Å²) in [6, 6.07) is 8.41. The van der Waals surface area contributed by atoms with E-state index in [2.05, 4.69) is 54.8 Å². The lowest BCUT2D eigenvalue weighted by Gasteiger charge is -2.31. The molecule has 1 fully saturated rings. The van der Waals surface area contributed by atoms with Gasteiger partial charge in [-0.15, -0.1) is 10.2 Å². The minimum Gasteiger partial charge on any atom is -0.367 e. The zero-order valence-corrected chi connectivity index (χ0v) is 12.0. The van der Waals surface area contributed by atoms with E-state index in [0.29, 0.717) is 12.4 Å². The first kappa shape index (κ1) is 13.3. The summed E-state index contributed by atoms with van der Waals surface area (Å²) in [6.45, 7) is 3.21. The van der Waals surface area contributed by atoms with Crippen molar-refractivity contribution < 1.29 is 4.74 Å². The van der Waals surface area contributed by atoms with Crippen molar-refractivity contribution in [2.75, 3.05) is 19.7 Å². The van der Waals surface area contributed by atoms with Crippen LogP contribution in [0, 0.1) is 0 Å². The van der Waals surface area contributed by atoms with Crippen LogP contribution in [0.1, 0.15) is 17.5 Å². The van der Waals surface area contributed by atoms with E-state index in [1.54, 1.807) is 0 Å². The maximum absolute atomic E-state index is 5.74. The molecule has 0 saturated carbocycles. The second-order valence-corrected chi connectivity index (χ2v) is 5.38. The van der Waals surface area contributed by atoms with E-state index >= 15 is 0 Å². The molecule has 1 aromatic carbocycles. The molecular weight excluding hydrogens is 280 g/mol. The molecule has 1 saturated heterocycles. The Kier molecular flexibility index (Phi) is 3.49. The summed E-state index contributed by atoms with van der Waals surface area (Å²) in [6.07, 6.45) is 3.62. The number of morpholine rings is 1. The van der Waals surface area contributed by atoms with Crippen molar-refractivity contribution in [1.29, 1.82) is 0 Å². The van der Waals surface area contributed by atoms with Gasteiger partial charge in [0.1, 0.15) is 6.10 Å². The minimum absolute atomic E-state index is 0.121. The first-order chi connectivity index (χ1) is 10.9. The quantitative estimate of drug-likeness (QED) is 0.785. The van der Waals surface area contributed by atoms with E-state index in [9.17, 15) is 0 Å². The van der Waals surface area contributed by atoms with Crippen LogP contribution in [0.4, 0.5) is 0 Å². The van der Waals surface area contributed by atoms with Crippen LogP contribution in [0.3, 0.4) is 0 Å². The number of ether oxygens (including phenoxy) is 1. The van der Waals surface area contributed by atoms with Crippen LogP contribution in [-0.4, -0.2) is 50.2 Å². The van der Waals surface area contributed by atoms with E-state index in [0.717, 1.165) is 19.6 Å². The average molecular weight is 296 g/mol. The monoisotopic (exact) mass is 296 g/mol. The highest BCUT2D eigenvalue weighted by atomic mass is 16.5. The van der Waals surface area contributed by atoms with Gasteiger partial charge in [0.2, 0.25) is 5.82 Å². The number of hydrogen-bond acceptors (Lipinski definition) is 6. The number of pyridine rings is 1. The number of aromatic nitrogens is 5. The predicted molar refractivity (Wildman–Crippen MR) is 79.9 cm³/mol. The van der Waals surface area contributed by atoms with Crippen LogP contribution in [-0.2, 0) is 11.3 Å². The second kappa shape index (κ2) is 5.78. The molecule has 1 unspecified atom stereocenters. The zero-order chi connectivity index (χ0) is 14.8. The zero-order valence-electron chi connectivity index (χ0n) is 12.0. The third-order valence-electron chi connectivity index (χ3n) is 3.97. The van der Waals surface area contributed by atoms with E-state index < -0.39 is 0 Å². The number of aromatic amines is 1. The molecule has 0 amide bonds. The van der Waals surface area contributed by atoms with Crippen molar-refractivity contribution in [3.05, 3.63) is 48.0 Å². The lowest BCUT2D eigenvalue weighted by molar-refractivity contribution is -0.0370. The van der Waals surface area contributed by atoms with E-state index in [4.69, 9.17) is 4.74 Å². The molecule has 7 heteroatoms. The molecule has 112 valence electrons. The summed E-state index contributed by atoms with van der Waals surface area (Å²) >= 11 is 0. The number of fused-ring (bicyclic) bond motifs is 1. The topological polar surface area (TPSA) is 79.8 Å². The van der Waals surface area contributed by atoms with Gasteiger partial charge in [0, 0.05) is 37.4 Å². The van der Waals surface area contributed by atoms with Gasteiger partial charge in [0.15, 0.2) is 0 Å². The molecule has 0 spiro atoms. The number of nitrogens with one attached hydrogen (secondary N) is 1. The molecule has 4 rings (SSSR count). The van der Waals surface area contributed by atoms with Gasteiger partial charge in [-0.2, -0.15) is 5.21 Å². The van der Waals surface area contributed by atoms with Gasteiger partial charge in [0.25, 0.3) is 0 Å². The largest absolute Gasteiger partial charge is 0.367 e. The van der Waals surface area contributed by atoms with E-state index in [1.165, 1.54) is 16.3 Å². The van der Waals surface area contributed by atoms with Gasteiger partial charge in [-0.1, -0.05) is 23.4 Å². The molecule has 0 bridgehead atoms. The smallest absolute Gasteiger partial charge is 0.204 e. The lowest BCUT2D eigenvalue weighted by atomic mass is 10.1.